The number of carbonyl (C=O) groups is 1. The van der Waals surface area contributed by atoms with Crippen molar-refractivity contribution in [1.82, 2.24) is 10.3 Å². The number of hydrogen-bond acceptors (Lipinski definition) is 3. The SMILES string of the molecule is CCC(O)(CC)CNC(=O)c1ccc(Cl)nc1Cl. The molecule has 2 N–H and O–H groups in total. The van der Waals surface area contributed by atoms with Crippen molar-refractivity contribution >= 4 is 29.1 Å². The van der Waals surface area contributed by atoms with Gasteiger partial charge in [0.05, 0.1) is 11.2 Å². The Bertz CT molecular complexity index is 434. The molecule has 100 valence electrons. The summed E-state index contributed by atoms with van der Waals surface area (Å²) in [5.41, 5.74) is -0.641. The number of carbonyl (C=O) groups excluding carboxylic acids is 1. The molecule has 0 aromatic carbocycles. The minimum Gasteiger partial charge on any atom is -0.388 e. The summed E-state index contributed by atoms with van der Waals surface area (Å²) in [7, 11) is 0. The predicted molar refractivity (Wildman–Crippen MR) is 72.1 cm³/mol. The topological polar surface area (TPSA) is 62.2 Å². The van der Waals surface area contributed by atoms with Crippen LogP contribution < -0.4 is 5.32 Å². The van der Waals surface area contributed by atoms with Gasteiger partial charge in [-0.05, 0) is 25.0 Å². The fraction of sp³-hybridized carbons (Fsp3) is 0.500. The molecule has 0 spiro atoms. The number of amides is 1. The number of aliphatic hydroxyl groups is 1. The summed E-state index contributed by atoms with van der Waals surface area (Å²) >= 11 is 11.5. The maximum atomic E-state index is 11.9. The molecule has 18 heavy (non-hydrogen) atoms. The second kappa shape index (κ2) is 6.36. The molecule has 0 aliphatic carbocycles. The van der Waals surface area contributed by atoms with Gasteiger partial charge in [-0.1, -0.05) is 37.0 Å². The van der Waals surface area contributed by atoms with Gasteiger partial charge in [-0.3, -0.25) is 4.79 Å². The van der Waals surface area contributed by atoms with E-state index in [1.54, 1.807) is 0 Å². The van der Waals surface area contributed by atoms with Crippen LogP contribution in [0.15, 0.2) is 12.1 Å². The molecule has 1 amide bonds. The highest BCUT2D eigenvalue weighted by atomic mass is 35.5. The van der Waals surface area contributed by atoms with Crippen molar-refractivity contribution < 1.29 is 9.90 Å². The lowest BCUT2D eigenvalue weighted by Gasteiger charge is -2.25. The molecule has 1 aromatic rings. The van der Waals surface area contributed by atoms with Crippen molar-refractivity contribution in [3.63, 3.8) is 0 Å². The first-order chi connectivity index (χ1) is 8.41. The van der Waals surface area contributed by atoms with Gasteiger partial charge >= 0.3 is 0 Å². The van der Waals surface area contributed by atoms with E-state index >= 15 is 0 Å². The van der Waals surface area contributed by atoms with Gasteiger partial charge < -0.3 is 10.4 Å². The van der Waals surface area contributed by atoms with Gasteiger partial charge in [0.25, 0.3) is 5.91 Å². The normalized spacial score (nSPS) is 11.4. The van der Waals surface area contributed by atoms with Crippen molar-refractivity contribution in [2.45, 2.75) is 32.3 Å². The lowest BCUT2D eigenvalue weighted by molar-refractivity contribution is 0.0314. The molecular formula is C12H16Cl2N2O2. The number of nitrogens with zero attached hydrogens (tertiary/aromatic N) is 1. The van der Waals surface area contributed by atoms with Gasteiger partial charge in [0.15, 0.2) is 0 Å². The van der Waals surface area contributed by atoms with Crippen molar-refractivity contribution in [3.8, 4) is 0 Å². The fourth-order valence-electron chi connectivity index (χ4n) is 1.42. The van der Waals surface area contributed by atoms with E-state index in [2.05, 4.69) is 10.3 Å². The molecule has 0 fully saturated rings. The predicted octanol–water partition coefficient (Wildman–Crippen LogP) is 2.67. The Kier molecular flexibility index (Phi) is 5.38. The van der Waals surface area contributed by atoms with Gasteiger partial charge in [-0.2, -0.15) is 0 Å². The van der Waals surface area contributed by atoms with Gasteiger partial charge in [0, 0.05) is 6.54 Å². The van der Waals surface area contributed by atoms with Crippen LogP contribution in [-0.4, -0.2) is 28.1 Å². The standard InChI is InChI=1S/C12H16Cl2N2O2/c1-3-12(18,4-2)7-15-11(17)8-5-6-9(13)16-10(8)14/h5-6,18H,3-4,7H2,1-2H3,(H,15,17). The number of pyridine rings is 1. The van der Waals surface area contributed by atoms with E-state index in [-0.39, 0.29) is 28.3 Å². The largest absolute Gasteiger partial charge is 0.388 e. The summed E-state index contributed by atoms with van der Waals surface area (Å²) in [6.45, 7) is 3.91. The summed E-state index contributed by atoms with van der Waals surface area (Å²) in [4.78, 5) is 15.7. The summed E-state index contributed by atoms with van der Waals surface area (Å²) in [5.74, 6) is -0.371. The van der Waals surface area contributed by atoms with Gasteiger partial charge in [0.2, 0.25) is 0 Å². The molecule has 0 radical (unpaired) electrons. The second-order valence-electron chi connectivity index (χ2n) is 4.09. The molecular weight excluding hydrogens is 275 g/mol. The van der Waals surface area contributed by atoms with Crippen LogP contribution in [0.25, 0.3) is 0 Å². The smallest absolute Gasteiger partial charge is 0.254 e. The van der Waals surface area contributed by atoms with Gasteiger partial charge in [-0.15, -0.1) is 0 Å². The molecule has 0 aliphatic rings. The molecule has 0 unspecified atom stereocenters. The molecule has 6 heteroatoms. The Balaban J connectivity index is 2.71. The van der Waals surface area contributed by atoms with Crippen LogP contribution in [0.4, 0.5) is 0 Å². The average Bonchev–Trinajstić information content (AvgIpc) is 2.35. The molecule has 0 saturated heterocycles. The Morgan fingerprint density at radius 1 is 1.39 bits per heavy atom. The maximum absolute atomic E-state index is 11.9. The number of aromatic nitrogens is 1. The first-order valence-corrected chi connectivity index (χ1v) is 6.50. The Labute approximate surface area is 116 Å². The number of halogens is 2. The van der Waals surface area contributed by atoms with Crippen molar-refractivity contribution in [2.75, 3.05) is 6.54 Å². The Morgan fingerprint density at radius 2 is 2.00 bits per heavy atom. The molecule has 1 aromatic heterocycles. The molecule has 0 saturated carbocycles. The fourth-order valence-corrected chi connectivity index (χ4v) is 1.85. The zero-order chi connectivity index (χ0) is 13.8. The van der Waals surface area contributed by atoms with E-state index < -0.39 is 5.60 Å². The van der Waals surface area contributed by atoms with Crippen LogP contribution in [0.3, 0.4) is 0 Å². The van der Waals surface area contributed by atoms with E-state index in [9.17, 15) is 9.90 Å². The van der Waals surface area contributed by atoms with E-state index in [1.165, 1.54) is 12.1 Å². The first-order valence-electron chi connectivity index (χ1n) is 5.74. The van der Waals surface area contributed by atoms with Gasteiger partial charge in [0.1, 0.15) is 10.3 Å². The van der Waals surface area contributed by atoms with Crippen LogP contribution in [0.5, 0.6) is 0 Å². The molecule has 0 atom stereocenters. The van der Waals surface area contributed by atoms with Crippen molar-refractivity contribution in [2.24, 2.45) is 0 Å². The number of nitrogens with one attached hydrogen (secondary N) is 1. The van der Waals surface area contributed by atoms with Crippen LogP contribution in [0.2, 0.25) is 10.3 Å². The second-order valence-corrected chi connectivity index (χ2v) is 4.83. The number of rotatable bonds is 5. The van der Waals surface area contributed by atoms with E-state index in [0.717, 1.165) is 0 Å². The molecule has 1 heterocycles. The zero-order valence-electron chi connectivity index (χ0n) is 10.3. The zero-order valence-corrected chi connectivity index (χ0v) is 11.8. The maximum Gasteiger partial charge on any atom is 0.254 e. The van der Waals surface area contributed by atoms with Crippen molar-refractivity contribution in [1.29, 1.82) is 0 Å². The summed E-state index contributed by atoms with van der Waals surface area (Å²) in [5, 5.41) is 13.0. The molecule has 4 nitrogen and oxygen atoms in total. The summed E-state index contributed by atoms with van der Waals surface area (Å²) in [6.07, 6.45) is 1.13. The quantitative estimate of drug-likeness (QED) is 0.820. The summed E-state index contributed by atoms with van der Waals surface area (Å²) < 4.78 is 0. The Morgan fingerprint density at radius 3 is 2.50 bits per heavy atom. The van der Waals surface area contributed by atoms with E-state index in [0.29, 0.717) is 12.8 Å². The van der Waals surface area contributed by atoms with Gasteiger partial charge in [-0.25, -0.2) is 4.98 Å². The third kappa shape index (κ3) is 3.83. The first kappa shape index (κ1) is 15.2. The third-order valence-corrected chi connectivity index (χ3v) is 3.45. The monoisotopic (exact) mass is 290 g/mol. The molecule has 1 rings (SSSR count). The third-order valence-electron chi connectivity index (χ3n) is 2.95. The van der Waals surface area contributed by atoms with Crippen LogP contribution in [0, 0.1) is 0 Å². The minimum absolute atomic E-state index is 0.0523. The summed E-state index contributed by atoms with van der Waals surface area (Å²) in [6, 6.07) is 3.00. The highest BCUT2D eigenvalue weighted by Crippen LogP contribution is 2.17. The van der Waals surface area contributed by atoms with Crippen molar-refractivity contribution in [3.05, 3.63) is 28.0 Å². The Hall–Kier alpha value is -0.840. The highest BCUT2D eigenvalue weighted by molar-refractivity contribution is 6.34. The average molecular weight is 291 g/mol. The lowest BCUT2D eigenvalue weighted by Crippen LogP contribution is -2.42. The lowest BCUT2D eigenvalue weighted by atomic mass is 9.97. The van der Waals surface area contributed by atoms with E-state index in [1.807, 2.05) is 13.8 Å². The van der Waals surface area contributed by atoms with Crippen LogP contribution in [-0.2, 0) is 0 Å². The van der Waals surface area contributed by atoms with Crippen LogP contribution in [0.1, 0.15) is 37.0 Å². The number of hydrogen-bond donors (Lipinski definition) is 2. The van der Waals surface area contributed by atoms with E-state index in [4.69, 9.17) is 23.2 Å². The van der Waals surface area contributed by atoms with Crippen LogP contribution >= 0.6 is 23.2 Å². The highest BCUT2D eigenvalue weighted by Gasteiger charge is 2.23. The molecule has 0 aliphatic heterocycles. The minimum atomic E-state index is -0.887. The molecule has 0 bridgehead atoms.